The first kappa shape index (κ1) is 31.7. The molecule has 0 unspecified atom stereocenters. The SMILES string of the molecule is CC(C)(C)C(=O)C[n+]1ccsc1.Cc1c(CCO)sc[n+]1CC(=O)C(C)(C)C.[Br-].[Br-]. The van der Waals surface area contributed by atoms with Crippen molar-refractivity contribution in [3.8, 4) is 0 Å². The molecule has 0 spiro atoms. The highest BCUT2D eigenvalue weighted by molar-refractivity contribution is 7.09. The number of rotatable bonds is 6. The van der Waals surface area contributed by atoms with Crippen LogP contribution in [0.1, 0.15) is 52.1 Å². The molecule has 0 aliphatic heterocycles. The van der Waals surface area contributed by atoms with Gasteiger partial charge in [0, 0.05) is 30.8 Å². The monoisotopic (exact) mass is 584 g/mol. The van der Waals surface area contributed by atoms with Gasteiger partial charge in [-0.2, -0.15) is 9.13 Å². The summed E-state index contributed by atoms with van der Waals surface area (Å²) in [4.78, 5) is 24.6. The average Bonchev–Trinajstić information content (AvgIpc) is 3.19. The molecule has 0 aliphatic rings. The molecule has 30 heavy (non-hydrogen) atoms. The summed E-state index contributed by atoms with van der Waals surface area (Å²) in [5.74, 6) is 0.500. The van der Waals surface area contributed by atoms with Crippen LogP contribution in [0.5, 0.6) is 0 Å². The van der Waals surface area contributed by atoms with Crippen LogP contribution in [0.3, 0.4) is 0 Å². The summed E-state index contributed by atoms with van der Waals surface area (Å²) in [7, 11) is 0. The molecule has 0 saturated carbocycles. The van der Waals surface area contributed by atoms with E-state index in [0.717, 1.165) is 10.6 Å². The fourth-order valence-electron chi connectivity index (χ4n) is 2.10. The molecular formula is C21H34Br2N2O3S2. The fraction of sp³-hybridized carbons (Fsp3) is 0.619. The van der Waals surface area contributed by atoms with Crippen molar-refractivity contribution in [1.29, 1.82) is 0 Å². The lowest BCUT2D eigenvalue weighted by molar-refractivity contribution is -0.686. The molecule has 2 rings (SSSR count). The van der Waals surface area contributed by atoms with Crippen molar-refractivity contribution in [2.24, 2.45) is 10.8 Å². The molecule has 2 aromatic heterocycles. The average molecular weight is 586 g/mol. The molecule has 0 atom stereocenters. The van der Waals surface area contributed by atoms with Gasteiger partial charge in [-0.15, -0.1) is 0 Å². The Kier molecular flexibility index (Phi) is 14.6. The molecular weight excluding hydrogens is 552 g/mol. The highest BCUT2D eigenvalue weighted by Crippen LogP contribution is 2.16. The molecule has 0 bridgehead atoms. The largest absolute Gasteiger partial charge is 1.00 e. The number of hydrogen-bond donors (Lipinski definition) is 1. The number of thiazole rings is 2. The molecule has 0 saturated heterocycles. The second kappa shape index (κ2) is 13.8. The van der Waals surface area contributed by atoms with Gasteiger partial charge in [-0.3, -0.25) is 9.59 Å². The molecule has 0 aliphatic carbocycles. The minimum absolute atomic E-state index is 0. The third kappa shape index (κ3) is 10.7. The minimum Gasteiger partial charge on any atom is -1.00 e. The van der Waals surface area contributed by atoms with Gasteiger partial charge in [0.25, 0.3) is 0 Å². The summed E-state index contributed by atoms with van der Waals surface area (Å²) < 4.78 is 3.89. The topological polar surface area (TPSA) is 62.1 Å². The molecule has 1 N–H and O–H groups in total. The molecule has 2 aromatic rings. The molecule has 2 heterocycles. The number of aromatic nitrogens is 2. The Bertz CT molecular complexity index is 777. The Morgan fingerprint density at radius 1 is 0.967 bits per heavy atom. The molecule has 9 heteroatoms. The van der Waals surface area contributed by atoms with E-state index in [9.17, 15) is 9.59 Å². The Morgan fingerprint density at radius 2 is 1.50 bits per heavy atom. The van der Waals surface area contributed by atoms with E-state index in [1.54, 1.807) is 22.7 Å². The predicted octanol–water partition coefficient (Wildman–Crippen LogP) is -2.85. The second-order valence-electron chi connectivity index (χ2n) is 8.88. The Morgan fingerprint density at radius 3 is 1.93 bits per heavy atom. The first-order chi connectivity index (χ1) is 12.9. The van der Waals surface area contributed by atoms with Crippen molar-refractivity contribution < 1.29 is 57.8 Å². The molecule has 0 fully saturated rings. The maximum Gasteiger partial charge on any atom is 0.225 e. The van der Waals surface area contributed by atoms with Gasteiger partial charge in [0.1, 0.15) is 0 Å². The van der Waals surface area contributed by atoms with Crippen LogP contribution in [0.15, 0.2) is 22.6 Å². The van der Waals surface area contributed by atoms with E-state index in [0.29, 0.717) is 19.5 Å². The van der Waals surface area contributed by atoms with Crippen molar-refractivity contribution in [3.63, 3.8) is 0 Å². The standard InChI is InChI=1S/C12H20NO2S.C9H14NOS.2BrH/c1-9-10(5-6-14)16-8-13(9)7-11(15)12(2,3)4;1-9(2,3)8(11)6-10-4-5-12-7-10;;/h8,14H,5-7H2,1-4H3;4-5,7H,6H2,1-3H3;2*1H/q2*+1;;/p-2. The highest BCUT2D eigenvalue weighted by Gasteiger charge is 2.27. The maximum absolute atomic E-state index is 11.9. The van der Waals surface area contributed by atoms with Gasteiger partial charge < -0.3 is 39.1 Å². The molecule has 5 nitrogen and oxygen atoms in total. The zero-order chi connectivity index (χ0) is 21.5. The number of aliphatic hydroxyl groups excluding tert-OH is 1. The number of carbonyl (C=O) groups excluding carboxylic acids is 2. The predicted molar refractivity (Wildman–Crippen MR) is 113 cm³/mol. The van der Waals surface area contributed by atoms with E-state index in [1.165, 1.54) is 0 Å². The van der Waals surface area contributed by atoms with Crippen molar-refractivity contribution in [2.75, 3.05) is 6.61 Å². The van der Waals surface area contributed by atoms with Crippen molar-refractivity contribution in [3.05, 3.63) is 33.2 Å². The van der Waals surface area contributed by atoms with Crippen molar-refractivity contribution in [1.82, 2.24) is 0 Å². The summed E-state index contributed by atoms with van der Waals surface area (Å²) >= 11 is 3.21. The van der Waals surface area contributed by atoms with Crippen molar-refractivity contribution >= 4 is 34.2 Å². The second-order valence-corrected chi connectivity index (χ2v) is 10.6. The minimum atomic E-state index is -0.293. The quantitative estimate of drug-likeness (QED) is 0.371. The van der Waals surface area contributed by atoms with Gasteiger partial charge in [-0.25, -0.2) is 0 Å². The van der Waals surface area contributed by atoms with Gasteiger partial charge in [-0.1, -0.05) is 64.2 Å². The van der Waals surface area contributed by atoms with Crippen LogP contribution in [-0.2, 0) is 29.1 Å². The van der Waals surface area contributed by atoms with Gasteiger partial charge in [-0.05, 0) is 0 Å². The van der Waals surface area contributed by atoms with Gasteiger partial charge in [0.05, 0.1) is 10.3 Å². The van der Waals surface area contributed by atoms with Crippen LogP contribution in [0.25, 0.3) is 0 Å². The highest BCUT2D eigenvalue weighted by atomic mass is 79.9. The zero-order valence-electron chi connectivity index (χ0n) is 18.9. The first-order valence-corrected chi connectivity index (χ1v) is 11.2. The van der Waals surface area contributed by atoms with Crippen LogP contribution < -0.4 is 43.1 Å². The van der Waals surface area contributed by atoms with Gasteiger partial charge >= 0.3 is 0 Å². The zero-order valence-corrected chi connectivity index (χ0v) is 23.7. The molecule has 0 aromatic carbocycles. The molecule has 0 radical (unpaired) electrons. The number of hydrogen-bond acceptors (Lipinski definition) is 5. The fourth-order valence-corrected chi connectivity index (χ4v) is 3.68. The van der Waals surface area contributed by atoms with Gasteiger partial charge in [0.15, 0.2) is 11.9 Å². The van der Waals surface area contributed by atoms with Crippen LogP contribution in [0, 0.1) is 17.8 Å². The maximum atomic E-state index is 11.9. The van der Waals surface area contributed by atoms with E-state index >= 15 is 0 Å². The lowest BCUT2D eigenvalue weighted by Gasteiger charge is -2.13. The van der Waals surface area contributed by atoms with E-state index in [1.807, 2.05) is 80.2 Å². The van der Waals surface area contributed by atoms with E-state index in [-0.39, 0.29) is 63.0 Å². The third-order valence-electron chi connectivity index (χ3n) is 4.34. The Hall–Kier alpha value is -0.480. The number of aliphatic hydroxyl groups is 1. The van der Waals surface area contributed by atoms with E-state index < -0.39 is 0 Å². The molecule has 172 valence electrons. The summed E-state index contributed by atoms with van der Waals surface area (Å²) in [6.45, 7) is 14.7. The first-order valence-electron chi connectivity index (χ1n) is 9.41. The van der Waals surface area contributed by atoms with Crippen LogP contribution in [0.4, 0.5) is 0 Å². The lowest BCUT2D eigenvalue weighted by Crippen LogP contribution is -3.00. The Balaban J connectivity index is 0. The summed E-state index contributed by atoms with van der Waals surface area (Å²) in [5, 5.41) is 10.9. The summed E-state index contributed by atoms with van der Waals surface area (Å²) in [6, 6.07) is 0. The number of nitrogens with zero attached hydrogens (tertiary/aromatic N) is 2. The molecule has 0 amide bonds. The van der Waals surface area contributed by atoms with E-state index in [4.69, 9.17) is 5.11 Å². The number of ketones is 2. The third-order valence-corrected chi connectivity index (χ3v) is 6.15. The Labute approximate surface area is 209 Å². The summed E-state index contributed by atoms with van der Waals surface area (Å²) in [6.07, 6.45) is 2.60. The summed E-state index contributed by atoms with van der Waals surface area (Å²) in [5.41, 5.74) is 4.48. The van der Waals surface area contributed by atoms with E-state index in [2.05, 4.69) is 0 Å². The lowest BCUT2D eigenvalue weighted by atomic mass is 9.91. The van der Waals surface area contributed by atoms with Crippen LogP contribution in [0.2, 0.25) is 0 Å². The van der Waals surface area contributed by atoms with Gasteiger partial charge in [0.2, 0.25) is 35.7 Å². The van der Waals surface area contributed by atoms with Crippen molar-refractivity contribution in [2.45, 2.75) is 68.0 Å². The number of halogens is 2. The van der Waals surface area contributed by atoms with Crippen LogP contribution in [-0.4, -0.2) is 23.3 Å². The number of carbonyl (C=O) groups is 2. The van der Waals surface area contributed by atoms with Crippen LogP contribution >= 0.6 is 22.7 Å². The normalized spacial score (nSPS) is 10.9. The smallest absolute Gasteiger partial charge is 0.225 e. The number of Topliss-reactive ketones (excluding diaryl/α,β-unsaturated/α-hetero) is 2.